The molecule has 3 heteroatoms. The summed E-state index contributed by atoms with van der Waals surface area (Å²) in [4.78, 5) is 0. The van der Waals surface area contributed by atoms with Crippen molar-refractivity contribution in [2.75, 3.05) is 0 Å². The molecule has 1 radical (unpaired) electrons. The van der Waals surface area contributed by atoms with Crippen LogP contribution in [0.25, 0.3) is 0 Å². The van der Waals surface area contributed by atoms with E-state index in [1.165, 1.54) is 6.07 Å². The molecule has 0 unspecified atom stereocenters. The molecule has 0 saturated heterocycles. The first-order valence-electron chi connectivity index (χ1n) is 4.60. The van der Waals surface area contributed by atoms with Crippen molar-refractivity contribution in [1.29, 1.82) is 0 Å². The third kappa shape index (κ3) is 2.08. The van der Waals surface area contributed by atoms with Gasteiger partial charge in [0.1, 0.15) is 0 Å². The van der Waals surface area contributed by atoms with E-state index in [-0.39, 0.29) is 0 Å². The molecule has 0 bridgehead atoms. The number of alkyl halides is 3. The van der Waals surface area contributed by atoms with E-state index in [1.54, 1.807) is 6.92 Å². The van der Waals surface area contributed by atoms with Gasteiger partial charge < -0.3 is 0 Å². The molecule has 0 fully saturated rings. The van der Waals surface area contributed by atoms with Crippen LogP contribution in [-0.4, -0.2) is 0 Å². The van der Waals surface area contributed by atoms with Crippen LogP contribution >= 0.6 is 0 Å². The number of benzene rings is 1. The Balaban J connectivity index is 3.29. The standard InChI is InChI=1S/C11H12F3/c1-3-8-6-5-7-10(9(8)4-2)11(12,13)14/h5,7H,3-4H2,1-2H3. The zero-order chi connectivity index (χ0) is 10.8. The molecule has 1 rings (SSSR count). The Morgan fingerprint density at radius 2 is 1.86 bits per heavy atom. The monoisotopic (exact) mass is 201 g/mol. The average Bonchev–Trinajstić information content (AvgIpc) is 2.15. The van der Waals surface area contributed by atoms with Crippen molar-refractivity contribution in [3.05, 3.63) is 34.9 Å². The highest BCUT2D eigenvalue weighted by atomic mass is 19.4. The van der Waals surface area contributed by atoms with E-state index in [0.717, 1.165) is 6.07 Å². The van der Waals surface area contributed by atoms with Crippen LogP contribution in [0, 0.1) is 6.07 Å². The number of hydrogen-bond acceptors (Lipinski definition) is 0. The van der Waals surface area contributed by atoms with Gasteiger partial charge in [0.2, 0.25) is 0 Å². The number of rotatable bonds is 2. The molecular weight excluding hydrogens is 189 g/mol. The molecular formula is C11H12F3. The van der Waals surface area contributed by atoms with Crippen molar-refractivity contribution < 1.29 is 13.2 Å². The Bertz CT molecular complexity index is 313. The fraction of sp³-hybridized carbons (Fsp3) is 0.455. The van der Waals surface area contributed by atoms with Crippen molar-refractivity contribution in [2.45, 2.75) is 32.9 Å². The lowest BCUT2D eigenvalue weighted by Crippen LogP contribution is -2.10. The van der Waals surface area contributed by atoms with Crippen LogP contribution < -0.4 is 0 Å². The molecule has 0 atom stereocenters. The minimum Gasteiger partial charge on any atom is -0.166 e. The first-order valence-corrected chi connectivity index (χ1v) is 4.60. The molecule has 0 aliphatic rings. The summed E-state index contributed by atoms with van der Waals surface area (Å²) in [5.41, 5.74) is 0.528. The SMILES string of the molecule is CCc1[c]ccc(C(F)(F)F)c1CC. The fourth-order valence-corrected chi connectivity index (χ4v) is 1.56. The first kappa shape index (κ1) is 11.1. The summed E-state index contributed by atoms with van der Waals surface area (Å²) in [6, 6.07) is 5.29. The molecule has 0 spiro atoms. The maximum Gasteiger partial charge on any atom is 0.416 e. The minimum absolute atomic E-state index is 0.377. The summed E-state index contributed by atoms with van der Waals surface area (Å²) in [6.45, 7) is 3.57. The Morgan fingerprint density at radius 1 is 1.21 bits per heavy atom. The van der Waals surface area contributed by atoms with E-state index in [2.05, 4.69) is 6.07 Å². The molecule has 0 N–H and O–H groups in total. The summed E-state index contributed by atoms with van der Waals surface area (Å²) in [5, 5.41) is 0. The molecule has 0 aromatic heterocycles. The third-order valence-electron chi connectivity index (χ3n) is 2.21. The molecule has 77 valence electrons. The predicted octanol–water partition coefficient (Wildman–Crippen LogP) is 3.63. The average molecular weight is 201 g/mol. The highest BCUT2D eigenvalue weighted by Crippen LogP contribution is 2.33. The molecule has 14 heavy (non-hydrogen) atoms. The summed E-state index contributed by atoms with van der Waals surface area (Å²) in [5.74, 6) is 0. The van der Waals surface area contributed by atoms with Gasteiger partial charge in [-0.2, -0.15) is 13.2 Å². The van der Waals surface area contributed by atoms with Crippen LogP contribution in [0.5, 0.6) is 0 Å². The second kappa shape index (κ2) is 4.03. The Kier molecular flexibility index (Phi) is 3.19. The lowest BCUT2D eigenvalue weighted by molar-refractivity contribution is -0.138. The molecule has 1 aromatic carbocycles. The van der Waals surface area contributed by atoms with Gasteiger partial charge >= 0.3 is 6.18 Å². The van der Waals surface area contributed by atoms with Crippen LogP contribution in [0.4, 0.5) is 13.2 Å². The summed E-state index contributed by atoms with van der Waals surface area (Å²) in [7, 11) is 0. The topological polar surface area (TPSA) is 0 Å². The van der Waals surface area contributed by atoms with Crippen LogP contribution in [0.3, 0.4) is 0 Å². The largest absolute Gasteiger partial charge is 0.416 e. The Labute approximate surface area is 81.8 Å². The van der Waals surface area contributed by atoms with E-state index >= 15 is 0 Å². The molecule has 0 aliphatic carbocycles. The van der Waals surface area contributed by atoms with Gasteiger partial charge in [-0.15, -0.1) is 0 Å². The highest BCUT2D eigenvalue weighted by molar-refractivity contribution is 5.36. The van der Waals surface area contributed by atoms with Crippen LogP contribution in [-0.2, 0) is 19.0 Å². The second-order valence-electron chi connectivity index (χ2n) is 3.05. The number of aryl methyl sites for hydroxylation is 1. The molecule has 0 aliphatic heterocycles. The quantitative estimate of drug-likeness (QED) is 0.685. The lowest BCUT2D eigenvalue weighted by atomic mass is 9.97. The van der Waals surface area contributed by atoms with E-state index in [4.69, 9.17) is 0 Å². The van der Waals surface area contributed by atoms with E-state index in [9.17, 15) is 13.2 Å². The van der Waals surface area contributed by atoms with Crippen LogP contribution in [0.2, 0.25) is 0 Å². The first-order chi connectivity index (χ1) is 6.50. The summed E-state index contributed by atoms with van der Waals surface area (Å²) >= 11 is 0. The lowest BCUT2D eigenvalue weighted by Gasteiger charge is -2.14. The van der Waals surface area contributed by atoms with Gasteiger partial charge in [0.15, 0.2) is 0 Å². The number of hydrogen-bond donors (Lipinski definition) is 0. The van der Waals surface area contributed by atoms with Crippen molar-refractivity contribution in [2.24, 2.45) is 0 Å². The van der Waals surface area contributed by atoms with Gasteiger partial charge in [0.25, 0.3) is 0 Å². The molecule has 0 heterocycles. The van der Waals surface area contributed by atoms with Crippen LogP contribution in [0.1, 0.15) is 30.5 Å². The van der Waals surface area contributed by atoms with Gasteiger partial charge in [0, 0.05) is 0 Å². The summed E-state index contributed by atoms with van der Waals surface area (Å²) < 4.78 is 37.6. The normalized spacial score (nSPS) is 11.8. The molecule has 0 saturated carbocycles. The third-order valence-corrected chi connectivity index (χ3v) is 2.21. The zero-order valence-electron chi connectivity index (χ0n) is 8.20. The minimum atomic E-state index is -4.25. The van der Waals surface area contributed by atoms with Crippen molar-refractivity contribution in [3.8, 4) is 0 Å². The second-order valence-corrected chi connectivity index (χ2v) is 3.05. The zero-order valence-corrected chi connectivity index (χ0v) is 8.20. The maximum atomic E-state index is 12.5. The highest BCUT2D eigenvalue weighted by Gasteiger charge is 2.33. The maximum absolute atomic E-state index is 12.5. The van der Waals surface area contributed by atoms with E-state index in [0.29, 0.717) is 24.0 Å². The van der Waals surface area contributed by atoms with Gasteiger partial charge in [-0.05, 0) is 36.1 Å². The Hall–Kier alpha value is -0.990. The van der Waals surface area contributed by atoms with Crippen LogP contribution in [0.15, 0.2) is 12.1 Å². The van der Waals surface area contributed by atoms with Crippen molar-refractivity contribution >= 4 is 0 Å². The molecule has 0 nitrogen and oxygen atoms in total. The van der Waals surface area contributed by atoms with Gasteiger partial charge in [-0.1, -0.05) is 19.9 Å². The van der Waals surface area contributed by atoms with Gasteiger partial charge in [0.05, 0.1) is 5.56 Å². The molecule has 1 aromatic rings. The fourth-order valence-electron chi connectivity index (χ4n) is 1.56. The van der Waals surface area contributed by atoms with E-state index in [1.807, 2.05) is 6.92 Å². The summed E-state index contributed by atoms with van der Waals surface area (Å²) in [6.07, 6.45) is -3.26. The van der Waals surface area contributed by atoms with E-state index < -0.39 is 11.7 Å². The Morgan fingerprint density at radius 3 is 2.29 bits per heavy atom. The van der Waals surface area contributed by atoms with Crippen molar-refractivity contribution in [3.63, 3.8) is 0 Å². The van der Waals surface area contributed by atoms with Gasteiger partial charge in [-0.25, -0.2) is 0 Å². The molecule has 0 amide bonds. The smallest absolute Gasteiger partial charge is 0.166 e. The number of halogens is 3. The predicted molar refractivity (Wildman–Crippen MR) is 49.0 cm³/mol. The van der Waals surface area contributed by atoms with Gasteiger partial charge in [-0.3, -0.25) is 0 Å². The van der Waals surface area contributed by atoms with Crippen molar-refractivity contribution in [1.82, 2.24) is 0 Å².